The van der Waals surface area contributed by atoms with Gasteiger partial charge in [0.05, 0.1) is 19.1 Å². The molecular weight excluding hydrogens is 260 g/mol. The van der Waals surface area contributed by atoms with Gasteiger partial charge in [-0.2, -0.15) is 0 Å². The molecule has 20 heavy (non-hydrogen) atoms. The number of hydrogen-bond acceptors (Lipinski definition) is 3. The first-order valence-electron chi connectivity index (χ1n) is 7.15. The van der Waals surface area contributed by atoms with E-state index in [2.05, 4.69) is 5.32 Å². The third-order valence-electron chi connectivity index (χ3n) is 3.82. The Bertz CT molecular complexity index is 352. The quantitative estimate of drug-likeness (QED) is 0.729. The fraction of sp³-hybridized carbons (Fsp3) is 0.857. The van der Waals surface area contributed by atoms with Gasteiger partial charge in [0.25, 0.3) is 0 Å². The number of carboxylic acids is 1. The number of hydrogen-bond donors (Lipinski definition) is 3. The van der Waals surface area contributed by atoms with E-state index in [1.165, 1.54) is 0 Å². The molecule has 6 heteroatoms. The average Bonchev–Trinajstić information content (AvgIpc) is 2.36. The van der Waals surface area contributed by atoms with Gasteiger partial charge >= 0.3 is 12.0 Å². The van der Waals surface area contributed by atoms with Crippen molar-refractivity contribution in [2.45, 2.75) is 58.5 Å². The van der Waals surface area contributed by atoms with E-state index >= 15 is 0 Å². The monoisotopic (exact) mass is 286 g/mol. The van der Waals surface area contributed by atoms with E-state index in [0.29, 0.717) is 6.54 Å². The third kappa shape index (κ3) is 4.67. The number of carbonyl (C=O) groups is 2. The summed E-state index contributed by atoms with van der Waals surface area (Å²) in [4.78, 5) is 24.9. The number of nitrogens with zero attached hydrogens (tertiary/aromatic N) is 1. The van der Waals surface area contributed by atoms with Crippen LogP contribution in [0.4, 0.5) is 4.79 Å². The predicted molar refractivity (Wildman–Crippen MR) is 75.5 cm³/mol. The largest absolute Gasteiger partial charge is 0.481 e. The molecule has 1 aliphatic rings. The molecule has 0 aromatic heterocycles. The second-order valence-electron chi connectivity index (χ2n) is 6.49. The van der Waals surface area contributed by atoms with Crippen molar-refractivity contribution in [2.75, 3.05) is 13.2 Å². The zero-order valence-corrected chi connectivity index (χ0v) is 12.6. The Balaban J connectivity index is 2.71. The summed E-state index contributed by atoms with van der Waals surface area (Å²) in [6, 6.07) is -0.868. The van der Waals surface area contributed by atoms with E-state index in [1.54, 1.807) is 4.90 Å². The van der Waals surface area contributed by atoms with Crippen LogP contribution in [0.1, 0.15) is 46.5 Å². The van der Waals surface area contributed by atoms with Crippen molar-refractivity contribution >= 4 is 12.0 Å². The number of piperidine rings is 1. The fourth-order valence-electron chi connectivity index (χ4n) is 2.44. The number of aliphatic hydroxyl groups excluding tert-OH is 1. The zero-order chi connectivity index (χ0) is 15.3. The van der Waals surface area contributed by atoms with Crippen LogP contribution in [0.25, 0.3) is 0 Å². The summed E-state index contributed by atoms with van der Waals surface area (Å²) in [5.74, 6) is -0.928. The first-order chi connectivity index (χ1) is 9.25. The maximum atomic E-state index is 12.3. The van der Waals surface area contributed by atoms with Crippen molar-refractivity contribution < 1.29 is 19.8 Å². The van der Waals surface area contributed by atoms with E-state index in [9.17, 15) is 14.7 Å². The molecule has 0 bridgehead atoms. The summed E-state index contributed by atoms with van der Waals surface area (Å²) < 4.78 is 0. The van der Waals surface area contributed by atoms with Gasteiger partial charge < -0.3 is 20.4 Å². The molecule has 2 amide bonds. The molecule has 0 saturated carbocycles. The molecule has 2 atom stereocenters. The number of aliphatic carboxylic acids is 1. The number of likely N-dealkylation sites (tertiary alicyclic amines) is 1. The molecule has 1 fully saturated rings. The highest BCUT2D eigenvalue weighted by Gasteiger charge is 2.32. The molecule has 1 rings (SSSR count). The summed E-state index contributed by atoms with van der Waals surface area (Å²) in [5, 5.41) is 21.1. The van der Waals surface area contributed by atoms with Crippen LogP contribution >= 0.6 is 0 Å². The van der Waals surface area contributed by atoms with Crippen molar-refractivity contribution in [3.8, 4) is 0 Å². The molecule has 3 N–H and O–H groups in total. The minimum Gasteiger partial charge on any atom is -0.481 e. The molecule has 1 saturated heterocycles. The number of urea groups is 1. The molecule has 0 spiro atoms. The summed E-state index contributed by atoms with van der Waals surface area (Å²) in [6.45, 7) is 6.27. The first kappa shape index (κ1) is 16.8. The minimum absolute atomic E-state index is 0.0491. The predicted octanol–water partition coefficient (Wildman–Crippen LogP) is 1.43. The number of carboxylic acid groups (broad SMARTS) is 1. The van der Waals surface area contributed by atoms with Crippen molar-refractivity contribution in [3.05, 3.63) is 0 Å². The molecule has 1 heterocycles. The Morgan fingerprint density at radius 1 is 1.35 bits per heavy atom. The maximum Gasteiger partial charge on any atom is 0.317 e. The van der Waals surface area contributed by atoms with Gasteiger partial charge in [0.1, 0.15) is 0 Å². The zero-order valence-electron chi connectivity index (χ0n) is 12.6. The highest BCUT2D eigenvalue weighted by atomic mass is 16.4. The second-order valence-corrected chi connectivity index (χ2v) is 6.49. The summed E-state index contributed by atoms with van der Waals surface area (Å²) in [5.41, 5.74) is -0.335. The van der Waals surface area contributed by atoms with Crippen molar-refractivity contribution in [1.29, 1.82) is 0 Å². The van der Waals surface area contributed by atoms with Crippen LogP contribution in [0.5, 0.6) is 0 Å². The Labute approximate surface area is 120 Å². The van der Waals surface area contributed by atoms with Crippen LogP contribution in [0.2, 0.25) is 0 Å². The fourth-order valence-corrected chi connectivity index (χ4v) is 2.44. The Kier molecular flexibility index (Phi) is 5.80. The first-order valence-corrected chi connectivity index (χ1v) is 7.15. The maximum absolute atomic E-state index is 12.3. The Morgan fingerprint density at radius 2 is 2.00 bits per heavy atom. The second kappa shape index (κ2) is 6.92. The number of nitrogens with one attached hydrogen (secondary N) is 1. The van der Waals surface area contributed by atoms with E-state index in [-0.39, 0.29) is 30.5 Å². The van der Waals surface area contributed by atoms with Gasteiger partial charge in [-0.25, -0.2) is 4.79 Å². The lowest BCUT2D eigenvalue weighted by atomic mass is 9.85. The van der Waals surface area contributed by atoms with Gasteiger partial charge in [-0.3, -0.25) is 4.79 Å². The lowest BCUT2D eigenvalue weighted by Crippen LogP contribution is -2.55. The summed E-state index contributed by atoms with van der Waals surface area (Å²) in [6.07, 6.45) is 2.62. The SMILES string of the molecule is CC(C)(C)C(CC(=O)O)NC(=O)N1CCCCC1CO. The standard InChI is InChI=1S/C14H26N2O4/c1-14(2,3)11(8-12(18)19)15-13(20)16-7-5-4-6-10(16)9-17/h10-11,17H,4-9H2,1-3H3,(H,15,20)(H,18,19). The van der Waals surface area contributed by atoms with E-state index in [0.717, 1.165) is 19.3 Å². The summed E-state index contributed by atoms with van der Waals surface area (Å²) >= 11 is 0. The van der Waals surface area contributed by atoms with Gasteiger partial charge in [0.15, 0.2) is 0 Å². The smallest absolute Gasteiger partial charge is 0.317 e. The van der Waals surface area contributed by atoms with Gasteiger partial charge in [-0.05, 0) is 24.7 Å². The number of amides is 2. The Hall–Kier alpha value is -1.30. The molecule has 6 nitrogen and oxygen atoms in total. The molecule has 0 aromatic carbocycles. The van der Waals surface area contributed by atoms with Crippen LogP contribution in [-0.2, 0) is 4.79 Å². The molecule has 0 aliphatic carbocycles. The molecule has 2 unspecified atom stereocenters. The van der Waals surface area contributed by atoms with Crippen LogP contribution in [-0.4, -0.2) is 52.3 Å². The topological polar surface area (TPSA) is 89.9 Å². The van der Waals surface area contributed by atoms with Crippen LogP contribution in [0, 0.1) is 5.41 Å². The highest BCUT2D eigenvalue weighted by Crippen LogP contribution is 2.23. The molecular formula is C14H26N2O4. The normalized spacial score (nSPS) is 21.4. The molecule has 0 aromatic rings. The van der Waals surface area contributed by atoms with Crippen molar-refractivity contribution in [1.82, 2.24) is 10.2 Å². The lowest BCUT2D eigenvalue weighted by molar-refractivity contribution is -0.138. The van der Waals surface area contributed by atoms with Gasteiger partial charge in [-0.15, -0.1) is 0 Å². The third-order valence-corrected chi connectivity index (χ3v) is 3.82. The average molecular weight is 286 g/mol. The number of aliphatic hydroxyl groups is 1. The number of rotatable bonds is 4. The molecule has 1 aliphatic heterocycles. The summed E-state index contributed by atoms with van der Waals surface area (Å²) in [7, 11) is 0. The van der Waals surface area contributed by atoms with Crippen LogP contribution in [0.15, 0.2) is 0 Å². The molecule has 0 radical (unpaired) electrons. The van der Waals surface area contributed by atoms with Crippen molar-refractivity contribution in [3.63, 3.8) is 0 Å². The van der Waals surface area contributed by atoms with Crippen LogP contribution in [0.3, 0.4) is 0 Å². The molecule has 116 valence electrons. The van der Waals surface area contributed by atoms with Gasteiger partial charge in [-0.1, -0.05) is 20.8 Å². The minimum atomic E-state index is -0.928. The van der Waals surface area contributed by atoms with Crippen LogP contribution < -0.4 is 5.32 Å². The number of carbonyl (C=O) groups excluding carboxylic acids is 1. The van der Waals surface area contributed by atoms with E-state index < -0.39 is 12.0 Å². The highest BCUT2D eigenvalue weighted by molar-refractivity contribution is 5.76. The van der Waals surface area contributed by atoms with E-state index in [4.69, 9.17) is 5.11 Å². The van der Waals surface area contributed by atoms with Crippen molar-refractivity contribution in [2.24, 2.45) is 5.41 Å². The van der Waals surface area contributed by atoms with E-state index in [1.807, 2.05) is 20.8 Å². The lowest BCUT2D eigenvalue weighted by Gasteiger charge is -2.38. The van der Waals surface area contributed by atoms with Gasteiger partial charge in [0, 0.05) is 12.6 Å². The van der Waals surface area contributed by atoms with Gasteiger partial charge in [0.2, 0.25) is 0 Å². The Morgan fingerprint density at radius 3 is 2.50 bits per heavy atom.